The van der Waals surface area contributed by atoms with Crippen molar-refractivity contribution in [1.82, 2.24) is 4.67 Å². The topological polar surface area (TPSA) is 69.7 Å². The van der Waals surface area contributed by atoms with Crippen LogP contribution in [-0.2, 0) is 0 Å². The second-order valence-electron chi connectivity index (χ2n) is 4.04. The van der Waals surface area contributed by atoms with Crippen molar-refractivity contribution in [1.29, 1.82) is 0 Å². The van der Waals surface area contributed by atoms with E-state index in [2.05, 4.69) is 0 Å². The van der Waals surface area contributed by atoms with Gasteiger partial charge in [-0.25, -0.2) is 0 Å². The third kappa shape index (κ3) is 3.33. The number of rotatable bonds is 3. The van der Waals surface area contributed by atoms with Gasteiger partial charge in [0.15, 0.2) is 0 Å². The van der Waals surface area contributed by atoms with Gasteiger partial charge < -0.3 is 0 Å². The molecule has 0 aliphatic carbocycles. The summed E-state index contributed by atoms with van der Waals surface area (Å²) >= 11 is 0. The van der Waals surface area contributed by atoms with Gasteiger partial charge in [0.1, 0.15) is 0 Å². The van der Waals surface area contributed by atoms with Crippen LogP contribution >= 0.6 is 7.36 Å². The summed E-state index contributed by atoms with van der Waals surface area (Å²) in [5, 5.41) is 0. The second kappa shape index (κ2) is 3.20. The van der Waals surface area contributed by atoms with E-state index in [-0.39, 0.29) is 12.1 Å². The molecule has 0 saturated heterocycles. The number of hydrogen-bond donors (Lipinski definition) is 3. The van der Waals surface area contributed by atoms with Gasteiger partial charge in [0.2, 0.25) is 0 Å². The SMILES string of the molecule is CC(C)N(C(C)C)P(C)(N)(O)O. The third-order valence-electron chi connectivity index (χ3n) is 1.63. The van der Waals surface area contributed by atoms with Crippen molar-refractivity contribution in [2.75, 3.05) is 6.66 Å². The Kier molecular flexibility index (Phi) is 3.27. The normalized spacial score (nSPS) is 17.1. The standard InChI is InChI=1S/C7H21N2O2P/c1-6(2)9(7(3)4)12(5,8,10)11/h6-7,10-11H,8H2,1-5H3. The fraction of sp³-hybridized carbons (Fsp3) is 1.00. The molecular formula is C7H21N2O2P. The molecule has 0 aromatic rings. The van der Waals surface area contributed by atoms with Gasteiger partial charge in [-0.05, 0) is 0 Å². The fourth-order valence-corrected chi connectivity index (χ4v) is 4.02. The number of nitrogens with zero attached hydrogens (tertiary/aromatic N) is 1. The van der Waals surface area contributed by atoms with Crippen LogP contribution in [0, 0.1) is 0 Å². The monoisotopic (exact) mass is 196 g/mol. The minimum absolute atomic E-state index is 0.0349. The quantitative estimate of drug-likeness (QED) is 0.586. The first kappa shape index (κ1) is 12.3. The summed E-state index contributed by atoms with van der Waals surface area (Å²) in [7, 11) is -4.04. The van der Waals surface area contributed by atoms with E-state index in [4.69, 9.17) is 5.50 Å². The molecule has 0 aromatic heterocycles. The zero-order valence-corrected chi connectivity index (χ0v) is 9.42. The van der Waals surface area contributed by atoms with Crippen LogP contribution in [0.15, 0.2) is 0 Å². The van der Waals surface area contributed by atoms with Gasteiger partial charge in [-0.2, -0.15) is 0 Å². The van der Waals surface area contributed by atoms with E-state index >= 15 is 0 Å². The molecule has 0 heterocycles. The van der Waals surface area contributed by atoms with Gasteiger partial charge in [0.05, 0.1) is 0 Å². The first-order chi connectivity index (χ1) is 5.02. The molecule has 0 amide bonds. The predicted molar refractivity (Wildman–Crippen MR) is 53.6 cm³/mol. The molecule has 76 valence electrons. The molecule has 0 aromatic carbocycles. The Labute approximate surface area is 74.6 Å². The zero-order valence-electron chi connectivity index (χ0n) is 8.52. The molecule has 5 heteroatoms. The molecule has 0 rings (SSSR count). The van der Waals surface area contributed by atoms with Crippen molar-refractivity contribution in [3.05, 3.63) is 0 Å². The predicted octanol–water partition coefficient (Wildman–Crippen LogP) is 0.892. The molecule has 0 atom stereocenters. The van der Waals surface area contributed by atoms with Crippen molar-refractivity contribution in [3.8, 4) is 0 Å². The summed E-state index contributed by atoms with van der Waals surface area (Å²) in [6, 6.07) is 0.0698. The van der Waals surface area contributed by atoms with E-state index < -0.39 is 7.36 Å². The van der Waals surface area contributed by atoms with Crippen molar-refractivity contribution < 1.29 is 9.79 Å². The molecule has 0 aliphatic rings. The van der Waals surface area contributed by atoms with E-state index in [0.717, 1.165) is 0 Å². The Morgan fingerprint density at radius 3 is 1.33 bits per heavy atom. The van der Waals surface area contributed by atoms with E-state index in [9.17, 15) is 9.79 Å². The molecule has 0 unspecified atom stereocenters. The Bertz CT molecular complexity index is 145. The molecule has 0 fully saturated rings. The summed E-state index contributed by atoms with van der Waals surface area (Å²) in [6.45, 7) is 8.88. The van der Waals surface area contributed by atoms with Crippen molar-refractivity contribution in [2.45, 2.75) is 39.8 Å². The molecule has 0 bridgehead atoms. The van der Waals surface area contributed by atoms with Crippen LogP contribution in [0.3, 0.4) is 0 Å². The summed E-state index contributed by atoms with van der Waals surface area (Å²) < 4.78 is 1.56. The first-order valence-corrected chi connectivity index (χ1v) is 6.74. The van der Waals surface area contributed by atoms with Gasteiger partial charge in [-0.15, -0.1) is 0 Å². The molecule has 12 heavy (non-hydrogen) atoms. The van der Waals surface area contributed by atoms with Gasteiger partial charge in [0.25, 0.3) is 0 Å². The Balaban J connectivity index is 4.77. The molecule has 0 saturated carbocycles. The summed E-state index contributed by atoms with van der Waals surface area (Å²) in [6.07, 6.45) is 0. The molecular weight excluding hydrogens is 175 g/mol. The van der Waals surface area contributed by atoms with Crippen LogP contribution in [0.2, 0.25) is 0 Å². The van der Waals surface area contributed by atoms with Crippen LogP contribution in [0.25, 0.3) is 0 Å². The van der Waals surface area contributed by atoms with Crippen LogP contribution in [0.4, 0.5) is 0 Å². The van der Waals surface area contributed by atoms with Crippen LogP contribution in [0.5, 0.6) is 0 Å². The van der Waals surface area contributed by atoms with E-state index in [1.807, 2.05) is 27.7 Å². The number of hydrogen-bond acceptors (Lipinski definition) is 4. The molecule has 0 spiro atoms. The third-order valence-corrected chi connectivity index (χ3v) is 3.69. The van der Waals surface area contributed by atoms with Gasteiger partial charge >= 0.3 is 73.8 Å². The Morgan fingerprint density at radius 2 is 1.33 bits per heavy atom. The van der Waals surface area contributed by atoms with Gasteiger partial charge in [0, 0.05) is 0 Å². The first-order valence-electron chi connectivity index (χ1n) is 4.13. The van der Waals surface area contributed by atoms with Gasteiger partial charge in [-0.1, -0.05) is 0 Å². The second-order valence-corrected chi connectivity index (χ2v) is 7.45. The molecule has 0 aliphatic heterocycles. The average Bonchev–Trinajstić information content (AvgIpc) is 1.51. The fourth-order valence-electron chi connectivity index (χ4n) is 1.74. The van der Waals surface area contributed by atoms with Crippen LogP contribution in [-0.4, -0.2) is 33.2 Å². The summed E-state index contributed by atoms with van der Waals surface area (Å²) in [5.74, 6) is 0. The Hall–Kier alpha value is 0.270. The van der Waals surface area contributed by atoms with Crippen molar-refractivity contribution in [3.63, 3.8) is 0 Å². The maximum absolute atomic E-state index is 9.67. The maximum atomic E-state index is 9.67. The summed E-state index contributed by atoms with van der Waals surface area (Å²) in [5.41, 5.74) is 5.49. The summed E-state index contributed by atoms with van der Waals surface area (Å²) in [4.78, 5) is 19.3. The van der Waals surface area contributed by atoms with Crippen molar-refractivity contribution in [2.24, 2.45) is 5.50 Å². The molecule has 4 N–H and O–H groups in total. The molecule has 4 nitrogen and oxygen atoms in total. The van der Waals surface area contributed by atoms with Crippen LogP contribution < -0.4 is 5.50 Å². The Morgan fingerprint density at radius 1 is 1.08 bits per heavy atom. The number of nitrogens with two attached hydrogens (primary N) is 1. The molecule has 0 radical (unpaired) electrons. The minimum atomic E-state index is -4.04. The van der Waals surface area contributed by atoms with E-state index in [0.29, 0.717) is 0 Å². The van der Waals surface area contributed by atoms with E-state index in [1.165, 1.54) is 6.66 Å². The average molecular weight is 196 g/mol. The zero-order chi connectivity index (χ0) is 10.2. The van der Waals surface area contributed by atoms with Gasteiger partial charge in [-0.3, -0.25) is 0 Å². The van der Waals surface area contributed by atoms with E-state index in [1.54, 1.807) is 4.67 Å². The van der Waals surface area contributed by atoms with Crippen LogP contribution in [0.1, 0.15) is 27.7 Å². The van der Waals surface area contributed by atoms with Crippen molar-refractivity contribution >= 4 is 7.36 Å².